The molecule has 6 nitrogen and oxygen atoms in total. The van der Waals surface area contributed by atoms with Crippen molar-refractivity contribution in [2.75, 3.05) is 26.3 Å². The van der Waals surface area contributed by atoms with Crippen LogP contribution in [0.1, 0.15) is 38.5 Å². The Morgan fingerprint density at radius 1 is 1.05 bits per heavy atom. The molecule has 20 heavy (non-hydrogen) atoms. The van der Waals surface area contributed by atoms with E-state index in [2.05, 4.69) is 5.32 Å². The molecule has 1 saturated carbocycles. The minimum absolute atomic E-state index is 0.184. The van der Waals surface area contributed by atoms with Crippen LogP contribution in [0.4, 0.5) is 0 Å². The molecule has 0 unspecified atom stereocenters. The predicted octanol–water partition coefficient (Wildman–Crippen LogP) is 0.411. The Balaban J connectivity index is 1.49. The summed E-state index contributed by atoms with van der Waals surface area (Å²) in [5.74, 6) is -1.37. The fraction of sp³-hybridized carbons (Fsp3) is 0.857. The summed E-state index contributed by atoms with van der Waals surface area (Å²) >= 11 is 0. The summed E-state index contributed by atoms with van der Waals surface area (Å²) in [5, 5.41) is 2.84. The van der Waals surface area contributed by atoms with Crippen molar-refractivity contribution in [3.8, 4) is 0 Å². The second-order valence-electron chi connectivity index (χ2n) is 5.85. The van der Waals surface area contributed by atoms with Crippen molar-refractivity contribution in [1.29, 1.82) is 0 Å². The number of ether oxygens (including phenoxy) is 2. The van der Waals surface area contributed by atoms with Gasteiger partial charge in [0.1, 0.15) is 0 Å². The molecule has 2 saturated heterocycles. The number of hydrogen-bond acceptors (Lipinski definition) is 4. The second-order valence-corrected chi connectivity index (χ2v) is 5.85. The Kier molecular flexibility index (Phi) is 3.94. The Morgan fingerprint density at radius 2 is 1.65 bits per heavy atom. The van der Waals surface area contributed by atoms with E-state index in [1.165, 1.54) is 0 Å². The third-order valence-corrected chi connectivity index (χ3v) is 4.51. The first-order valence-corrected chi connectivity index (χ1v) is 7.56. The molecule has 2 heterocycles. The highest BCUT2D eigenvalue weighted by Crippen LogP contribution is 2.31. The van der Waals surface area contributed by atoms with Crippen molar-refractivity contribution < 1.29 is 19.1 Å². The molecule has 3 rings (SSSR count). The lowest BCUT2D eigenvalue weighted by atomic mass is 10.0. The highest BCUT2D eigenvalue weighted by Gasteiger charge is 2.41. The summed E-state index contributed by atoms with van der Waals surface area (Å²) in [7, 11) is 0. The Bertz CT molecular complexity index is 377. The van der Waals surface area contributed by atoms with Crippen molar-refractivity contribution in [3.05, 3.63) is 0 Å². The average molecular weight is 282 g/mol. The maximum absolute atomic E-state index is 12.1. The molecule has 0 radical (unpaired) electrons. The van der Waals surface area contributed by atoms with Crippen LogP contribution in [0.2, 0.25) is 0 Å². The van der Waals surface area contributed by atoms with Gasteiger partial charge in [-0.05, 0) is 12.8 Å². The minimum Gasteiger partial charge on any atom is -0.347 e. The highest BCUT2D eigenvalue weighted by atomic mass is 16.7. The SMILES string of the molecule is O=C(NC1CCCC1)C(=O)N1CCC2(CC1)OCCO2. The zero-order chi connectivity index (χ0) is 14.0. The van der Waals surface area contributed by atoms with Crippen LogP contribution in [-0.4, -0.2) is 54.8 Å². The van der Waals surface area contributed by atoms with E-state index < -0.39 is 17.6 Å². The number of amides is 2. The van der Waals surface area contributed by atoms with Gasteiger partial charge in [0.2, 0.25) is 0 Å². The first-order valence-electron chi connectivity index (χ1n) is 7.56. The van der Waals surface area contributed by atoms with Crippen LogP contribution in [0.25, 0.3) is 0 Å². The number of rotatable bonds is 1. The number of hydrogen-bond donors (Lipinski definition) is 1. The number of piperidine rings is 1. The minimum atomic E-state index is -0.501. The van der Waals surface area contributed by atoms with Gasteiger partial charge in [-0.3, -0.25) is 9.59 Å². The molecule has 0 bridgehead atoms. The first-order chi connectivity index (χ1) is 9.69. The van der Waals surface area contributed by atoms with Crippen LogP contribution in [0.15, 0.2) is 0 Å². The Morgan fingerprint density at radius 3 is 2.25 bits per heavy atom. The molecule has 1 N–H and O–H groups in total. The van der Waals surface area contributed by atoms with E-state index in [4.69, 9.17) is 9.47 Å². The monoisotopic (exact) mass is 282 g/mol. The van der Waals surface area contributed by atoms with Gasteiger partial charge in [0.15, 0.2) is 5.79 Å². The summed E-state index contributed by atoms with van der Waals surface area (Å²) in [6.07, 6.45) is 5.55. The van der Waals surface area contributed by atoms with Crippen LogP contribution < -0.4 is 5.32 Å². The topological polar surface area (TPSA) is 67.9 Å². The van der Waals surface area contributed by atoms with Crippen molar-refractivity contribution in [2.24, 2.45) is 0 Å². The lowest BCUT2D eigenvalue weighted by Gasteiger charge is -2.37. The van der Waals surface area contributed by atoms with Crippen LogP contribution in [0, 0.1) is 0 Å². The lowest BCUT2D eigenvalue weighted by Crippen LogP contribution is -2.52. The van der Waals surface area contributed by atoms with Crippen LogP contribution in [0.5, 0.6) is 0 Å². The summed E-state index contributed by atoms with van der Waals surface area (Å²) < 4.78 is 11.2. The molecule has 6 heteroatoms. The van der Waals surface area contributed by atoms with Gasteiger partial charge in [-0.1, -0.05) is 12.8 Å². The Hall–Kier alpha value is -1.14. The number of nitrogens with one attached hydrogen (secondary N) is 1. The van der Waals surface area contributed by atoms with Crippen molar-refractivity contribution in [3.63, 3.8) is 0 Å². The molecule has 112 valence electrons. The van der Waals surface area contributed by atoms with E-state index in [0.29, 0.717) is 39.1 Å². The average Bonchev–Trinajstić information content (AvgIpc) is 3.11. The fourth-order valence-electron chi connectivity index (χ4n) is 3.30. The van der Waals surface area contributed by atoms with E-state index in [1.807, 2.05) is 0 Å². The number of carbonyl (C=O) groups is 2. The van der Waals surface area contributed by atoms with Gasteiger partial charge in [-0.2, -0.15) is 0 Å². The van der Waals surface area contributed by atoms with Gasteiger partial charge in [0.05, 0.1) is 13.2 Å². The number of likely N-dealkylation sites (tertiary alicyclic amines) is 1. The van der Waals surface area contributed by atoms with Gasteiger partial charge < -0.3 is 19.7 Å². The molecule has 3 aliphatic rings. The predicted molar refractivity (Wildman–Crippen MR) is 70.8 cm³/mol. The zero-order valence-corrected chi connectivity index (χ0v) is 11.7. The first kappa shape index (κ1) is 13.8. The fourth-order valence-corrected chi connectivity index (χ4v) is 3.30. The highest BCUT2D eigenvalue weighted by molar-refractivity contribution is 6.35. The molecule has 0 atom stereocenters. The standard InChI is InChI=1S/C14H22N2O4/c17-12(15-11-3-1-2-4-11)13(18)16-7-5-14(6-8-16)19-9-10-20-14/h11H,1-10H2,(H,15,17). The van der Waals surface area contributed by atoms with Crippen LogP contribution in [0.3, 0.4) is 0 Å². The maximum atomic E-state index is 12.1. The van der Waals surface area contributed by atoms with Gasteiger partial charge in [-0.25, -0.2) is 0 Å². The van der Waals surface area contributed by atoms with E-state index in [-0.39, 0.29) is 6.04 Å². The summed E-state index contributed by atoms with van der Waals surface area (Å²) in [6, 6.07) is 0.184. The molecule has 2 amide bonds. The van der Waals surface area contributed by atoms with Crippen molar-refractivity contribution >= 4 is 11.8 Å². The molecule has 1 spiro atoms. The largest absolute Gasteiger partial charge is 0.347 e. The third-order valence-electron chi connectivity index (χ3n) is 4.51. The van der Waals surface area contributed by atoms with Gasteiger partial charge in [0, 0.05) is 32.0 Å². The van der Waals surface area contributed by atoms with Crippen LogP contribution >= 0.6 is 0 Å². The number of nitrogens with zero attached hydrogens (tertiary/aromatic N) is 1. The van der Waals surface area contributed by atoms with Crippen LogP contribution in [-0.2, 0) is 19.1 Å². The molecular formula is C14H22N2O4. The number of carbonyl (C=O) groups excluding carboxylic acids is 2. The molecule has 0 aromatic carbocycles. The van der Waals surface area contributed by atoms with E-state index in [9.17, 15) is 9.59 Å². The lowest BCUT2D eigenvalue weighted by molar-refractivity contribution is -0.188. The quantitative estimate of drug-likeness (QED) is 0.707. The molecule has 1 aliphatic carbocycles. The summed E-state index contributed by atoms with van der Waals surface area (Å²) in [4.78, 5) is 25.7. The molecule has 2 aliphatic heterocycles. The summed E-state index contributed by atoms with van der Waals surface area (Å²) in [6.45, 7) is 2.29. The maximum Gasteiger partial charge on any atom is 0.311 e. The van der Waals surface area contributed by atoms with E-state index >= 15 is 0 Å². The van der Waals surface area contributed by atoms with E-state index in [1.54, 1.807) is 4.90 Å². The van der Waals surface area contributed by atoms with Gasteiger partial charge in [-0.15, -0.1) is 0 Å². The molecule has 0 aromatic rings. The molecule has 0 aromatic heterocycles. The zero-order valence-electron chi connectivity index (χ0n) is 11.7. The molecule has 3 fully saturated rings. The van der Waals surface area contributed by atoms with Crippen molar-refractivity contribution in [1.82, 2.24) is 10.2 Å². The van der Waals surface area contributed by atoms with Crippen molar-refractivity contribution in [2.45, 2.75) is 50.4 Å². The smallest absolute Gasteiger partial charge is 0.311 e. The van der Waals surface area contributed by atoms with Gasteiger partial charge >= 0.3 is 11.8 Å². The Labute approximate surface area is 118 Å². The van der Waals surface area contributed by atoms with E-state index in [0.717, 1.165) is 25.7 Å². The molecular weight excluding hydrogens is 260 g/mol. The normalized spacial score (nSPS) is 26.1. The summed E-state index contributed by atoms with van der Waals surface area (Å²) in [5.41, 5.74) is 0. The van der Waals surface area contributed by atoms with Gasteiger partial charge in [0.25, 0.3) is 0 Å². The third kappa shape index (κ3) is 2.81. The second kappa shape index (κ2) is 5.69.